The standard InChI is InChI=1S/C12H24N2O2/c1-15-11-3-2-5-14(8-11)12(7-13)10-4-6-16-9-10/h10-12H,2-9,13H2,1H3. The van der Waals surface area contributed by atoms with Gasteiger partial charge in [0, 0.05) is 38.8 Å². The van der Waals surface area contributed by atoms with Crippen LogP contribution in [0.25, 0.3) is 0 Å². The number of nitrogens with zero attached hydrogens (tertiary/aromatic N) is 1. The number of hydrogen-bond acceptors (Lipinski definition) is 4. The van der Waals surface area contributed by atoms with Crippen molar-refractivity contribution in [2.75, 3.05) is 40.0 Å². The second-order valence-corrected chi connectivity index (χ2v) is 4.92. The minimum atomic E-state index is 0.394. The molecule has 2 heterocycles. The summed E-state index contributed by atoms with van der Waals surface area (Å²) in [5, 5.41) is 0. The van der Waals surface area contributed by atoms with Crippen LogP contribution in [0.4, 0.5) is 0 Å². The fourth-order valence-electron chi connectivity index (χ4n) is 2.96. The maximum Gasteiger partial charge on any atom is 0.0698 e. The smallest absolute Gasteiger partial charge is 0.0698 e. The SMILES string of the molecule is COC1CCCN(C(CN)C2CCOC2)C1. The summed E-state index contributed by atoms with van der Waals surface area (Å²) in [7, 11) is 1.81. The van der Waals surface area contributed by atoms with E-state index in [9.17, 15) is 0 Å². The van der Waals surface area contributed by atoms with Gasteiger partial charge in [-0.25, -0.2) is 0 Å². The molecule has 0 spiro atoms. The van der Waals surface area contributed by atoms with E-state index in [1.165, 1.54) is 12.8 Å². The fraction of sp³-hybridized carbons (Fsp3) is 1.00. The molecule has 0 bridgehead atoms. The Balaban J connectivity index is 1.91. The summed E-state index contributed by atoms with van der Waals surface area (Å²) in [5.41, 5.74) is 5.93. The molecule has 0 aromatic carbocycles. The summed E-state index contributed by atoms with van der Waals surface area (Å²) in [6, 6.07) is 0.487. The molecule has 2 aliphatic rings. The van der Waals surface area contributed by atoms with Crippen molar-refractivity contribution in [2.45, 2.75) is 31.4 Å². The molecule has 3 atom stereocenters. The van der Waals surface area contributed by atoms with Crippen LogP contribution < -0.4 is 5.73 Å². The summed E-state index contributed by atoms with van der Waals surface area (Å²) < 4.78 is 10.9. The van der Waals surface area contributed by atoms with E-state index >= 15 is 0 Å². The van der Waals surface area contributed by atoms with Crippen LogP contribution in [0.3, 0.4) is 0 Å². The van der Waals surface area contributed by atoms with Crippen molar-refractivity contribution in [1.29, 1.82) is 0 Å². The zero-order chi connectivity index (χ0) is 11.4. The molecule has 0 aromatic rings. The highest BCUT2D eigenvalue weighted by Crippen LogP contribution is 2.24. The van der Waals surface area contributed by atoms with Crippen molar-refractivity contribution in [3.63, 3.8) is 0 Å². The summed E-state index contributed by atoms with van der Waals surface area (Å²) >= 11 is 0. The molecule has 2 fully saturated rings. The average Bonchev–Trinajstić information content (AvgIpc) is 2.84. The predicted molar refractivity (Wildman–Crippen MR) is 63.4 cm³/mol. The fourth-order valence-corrected chi connectivity index (χ4v) is 2.96. The van der Waals surface area contributed by atoms with Gasteiger partial charge in [-0.1, -0.05) is 0 Å². The molecule has 4 heteroatoms. The number of hydrogen-bond donors (Lipinski definition) is 1. The van der Waals surface area contributed by atoms with Crippen molar-refractivity contribution in [3.8, 4) is 0 Å². The van der Waals surface area contributed by atoms with E-state index in [0.717, 1.165) is 39.3 Å². The highest BCUT2D eigenvalue weighted by molar-refractivity contribution is 4.86. The molecule has 0 amide bonds. The Labute approximate surface area is 98.1 Å². The molecule has 0 aliphatic carbocycles. The van der Waals surface area contributed by atoms with Gasteiger partial charge in [-0.2, -0.15) is 0 Å². The monoisotopic (exact) mass is 228 g/mol. The van der Waals surface area contributed by atoms with Crippen LogP contribution in [0.1, 0.15) is 19.3 Å². The molecule has 0 saturated carbocycles. The highest BCUT2D eigenvalue weighted by Gasteiger charge is 2.32. The van der Waals surface area contributed by atoms with E-state index in [2.05, 4.69) is 4.90 Å². The summed E-state index contributed by atoms with van der Waals surface area (Å²) in [6.07, 6.45) is 3.97. The van der Waals surface area contributed by atoms with Gasteiger partial charge in [0.25, 0.3) is 0 Å². The predicted octanol–water partition coefficient (Wildman–Crippen LogP) is 0.461. The number of rotatable bonds is 4. The van der Waals surface area contributed by atoms with E-state index in [1.54, 1.807) is 0 Å². The maximum absolute atomic E-state index is 5.93. The van der Waals surface area contributed by atoms with Gasteiger partial charge in [-0.15, -0.1) is 0 Å². The first-order chi connectivity index (χ1) is 7.85. The van der Waals surface area contributed by atoms with Crippen LogP contribution in [-0.4, -0.2) is 57.0 Å². The van der Waals surface area contributed by atoms with Crippen molar-refractivity contribution in [3.05, 3.63) is 0 Å². The minimum Gasteiger partial charge on any atom is -0.381 e. The third kappa shape index (κ3) is 2.74. The Morgan fingerprint density at radius 1 is 1.50 bits per heavy atom. The third-order valence-electron chi connectivity index (χ3n) is 3.96. The van der Waals surface area contributed by atoms with Gasteiger partial charge in [-0.05, 0) is 25.8 Å². The molecule has 94 valence electrons. The van der Waals surface area contributed by atoms with Crippen molar-refractivity contribution >= 4 is 0 Å². The molecule has 4 nitrogen and oxygen atoms in total. The summed E-state index contributed by atoms with van der Waals surface area (Å²) in [6.45, 7) is 4.73. The number of methoxy groups -OCH3 is 1. The van der Waals surface area contributed by atoms with E-state index < -0.39 is 0 Å². The van der Waals surface area contributed by atoms with Gasteiger partial charge in [0.15, 0.2) is 0 Å². The normalized spacial score (nSPS) is 34.1. The Morgan fingerprint density at radius 2 is 2.38 bits per heavy atom. The molecular formula is C12H24N2O2. The zero-order valence-electron chi connectivity index (χ0n) is 10.2. The van der Waals surface area contributed by atoms with E-state index in [0.29, 0.717) is 18.1 Å². The molecule has 16 heavy (non-hydrogen) atoms. The Hall–Kier alpha value is -0.160. The average molecular weight is 228 g/mol. The van der Waals surface area contributed by atoms with Crippen LogP contribution in [-0.2, 0) is 9.47 Å². The first kappa shape index (κ1) is 12.3. The van der Waals surface area contributed by atoms with Crippen LogP contribution in [0, 0.1) is 5.92 Å². The Bertz CT molecular complexity index is 207. The van der Waals surface area contributed by atoms with Gasteiger partial charge in [0.1, 0.15) is 0 Å². The lowest BCUT2D eigenvalue weighted by molar-refractivity contribution is 0.00346. The van der Waals surface area contributed by atoms with E-state index in [1.807, 2.05) is 7.11 Å². The van der Waals surface area contributed by atoms with Crippen LogP contribution in [0.5, 0.6) is 0 Å². The first-order valence-electron chi connectivity index (χ1n) is 6.39. The molecule has 3 unspecified atom stereocenters. The van der Waals surface area contributed by atoms with Crippen molar-refractivity contribution in [2.24, 2.45) is 11.7 Å². The molecule has 0 aromatic heterocycles. The Morgan fingerprint density at radius 3 is 3.00 bits per heavy atom. The quantitative estimate of drug-likeness (QED) is 0.759. The largest absolute Gasteiger partial charge is 0.381 e. The summed E-state index contributed by atoms with van der Waals surface area (Å²) in [5.74, 6) is 0.626. The second kappa shape index (κ2) is 5.96. The van der Waals surface area contributed by atoms with Crippen LogP contribution in [0.15, 0.2) is 0 Å². The van der Waals surface area contributed by atoms with Gasteiger partial charge in [0.2, 0.25) is 0 Å². The number of likely N-dealkylation sites (tertiary alicyclic amines) is 1. The summed E-state index contributed by atoms with van der Waals surface area (Å²) in [4.78, 5) is 2.51. The zero-order valence-corrected chi connectivity index (χ0v) is 10.2. The van der Waals surface area contributed by atoms with Gasteiger partial charge in [-0.3, -0.25) is 4.90 Å². The highest BCUT2D eigenvalue weighted by atomic mass is 16.5. The third-order valence-corrected chi connectivity index (χ3v) is 3.96. The molecule has 2 saturated heterocycles. The maximum atomic E-state index is 5.93. The second-order valence-electron chi connectivity index (χ2n) is 4.92. The van der Waals surface area contributed by atoms with Crippen molar-refractivity contribution < 1.29 is 9.47 Å². The lowest BCUT2D eigenvalue weighted by atomic mass is 9.95. The van der Waals surface area contributed by atoms with E-state index in [-0.39, 0.29) is 0 Å². The number of piperidine rings is 1. The van der Waals surface area contributed by atoms with Gasteiger partial charge < -0.3 is 15.2 Å². The molecular weight excluding hydrogens is 204 g/mol. The molecule has 2 rings (SSSR count). The van der Waals surface area contributed by atoms with Crippen LogP contribution in [0.2, 0.25) is 0 Å². The topological polar surface area (TPSA) is 47.7 Å². The molecule has 2 aliphatic heterocycles. The van der Waals surface area contributed by atoms with Crippen LogP contribution >= 0.6 is 0 Å². The number of ether oxygens (including phenoxy) is 2. The number of nitrogens with two attached hydrogens (primary N) is 1. The van der Waals surface area contributed by atoms with Gasteiger partial charge in [0.05, 0.1) is 12.7 Å². The minimum absolute atomic E-state index is 0.394. The van der Waals surface area contributed by atoms with Crippen molar-refractivity contribution in [1.82, 2.24) is 4.90 Å². The lowest BCUT2D eigenvalue weighted by Crippen LogP contribution is -2.51. The molecule has 0 radical (unpaired) electrons. The Kier molecular flexibility index (Phi) is 4.58. The van der Waals surface area contributed by atoms with Gasteiger partial charge >= 0.3 is 0 Å². The lowest BCUT2D eigenvalue weighted by Gasteiger charge is -2.39. The van der Waals surface area contributed by atoms with E-state index in [4.69, 9.17) is 15.2 Å². The first-order valence-corrected chi connectivity index (χ1v) is 6.39. The molecule has 2 N–H and O–H groups in total.